The number of hydrogen-bond donors (Lipinski definition) is 3. The van der Waals surface area contributed by atoms with Gasteiger partial charge in [-0.15, -0.1) is 0 Å². The Hall–Kier alpha value is -2.89. The van der Waals surface area contributed by atoms with Crippen molar-refractivity contribution in [1.29, 1.82) is 0 Å². The summed E-state index contributed by atoms with van der Waals surface area (Å²) >= 11 is 0. The Morgan fingerprint density at radius 2 is 1.75 bits per heavy atom. The van der Waals surface area contributed by atoms with E-state index >= 15 is 0 Å². The lowest BCUT2D eigenvalue weighted by Crippen LogP contribution is -2.22. The molecule has 3 N–H and O–H groups in total. The first kappa shape index (κ1) is 17.5. The van der Waals surface area contributed by atoms with Gasteiger partial charge in [0.1, 0.15) is 5.82 Å². The standard InChI is InChI=1S/C18H20FN3O2/c1-3-17(23)22-16-10-13(9-8-12(16)2)21-18(24)11-20-15-7-5-4-6-14(15)19/h4-10,20H,3,11H2,1-2H3,(H,21,24)(H,22,23). The Morgan fingerprint density at radius 3 is 2.46 bits per heavy atom. The SMILES string of the molecule is CCC(=O)Nc1cc(NC(=O)CNc2ccccc2F)ccc1C. The van der Waals surface area contributed by atoms with E-state index in [0.29, 0.717) is 17.8 Å². The quantitative estimate of drug-likeness (QED) is 0.759. The molecule has 0 saturated carbocycles. The molecule has 6 heteroatoms. The van der Waals surface area contributed by atoms with Crippen LogP contribution in [0.15, 0.2) is 42.5 Å². The second kappa shape index (κ2) is 8.10. The van der Waals surface area contributed by atoms with Crippen LogP contribution in [0.25, 0.3) is 0 Å². The molecule has 2 aromatic rings. The van der Waals surface area contributed by atoms with Crippen molar-refractivity contribution < 1.29 is 14.0 Å². The summed E-state index contributed by atoms with van der Waals surface area (Å²) in [5.41, 5.74) is 2.39. The summed E-state index contributed by atoms with van der Waals surface area (Å²) in [4.78, 5) is 23.5. The molecule has 0 heterocycles. The van der Waals surface area contributed by atoms with Crippen LogP contribution >= 0.6 is 0 Å². The zero-order valence-corrected chi connectivity index (χ0v) is 13.7. The lowest BCUT2D eigenvalue weighted by atomic mass is 10.1. The average Bonchev–Trinajstić information content (AvgIpc) is 2.57. The fraction of sp³-hybridized carbons (Fsp3) is 0.222. The van der Waals surface area contributed by atoms with Crippen molar-refractivity contribution in [2.45, 2.75) is 20.3 Å². The van der Waals surface area contributed by atoms with Crippen LogP contribution in [0, 0.1) is 12.7 Å². The Balaban J connectivity index is 1.97. The molecule has 2 rings (SSSR count). The van der Waals surface area contributed by atoms with Crippen LogP contribution in [0.5, 0.6) is 0 Å². The lowest BCUT2D eigenvalue weighted by molar-refractivity contribution is -0.116. The van der Waals surface area contributed by atoms with E-state index in [1.54, 1.807) is 37.3 Å². The Bertz CT molecular complexity index is 747. The zero-order valence-electron chi connectivity index (χ0n) is 13.7. The van der Waals surface area contributed by atoms with Crippen molar-refractivity contribution >= 4 is 28.9 Å². The summed E-state index contributed by atoms with van der Waals surface area (Å²) in [7, 11) is 0. The van der Waals surface area contributed by atoms with Gasteiger partial charge in [-0.05, 0) is 36.8 Å². The molecule has 0 unspecified atom stereocenters. The molecule has 0 spiro atoms. The van der Waals surface area contributed by atoms with Gasteiger partial charge in [-0.25, -0.2) is 4.39 Å². The Morgan fingerprint density at radius 1 is 1.00 bits per heavy atom. The van der Waals surface area contributed by atoms with Crippen molar-refractivity contribution in [2.24, 2.45) is 0 Å². The monoisotopic (exact) mass is 329 g/mol. The number of aryl methyl sites for hydroxylation is 1. The number of halogens is 1. The molecular weight excluding hydrogens is 309 g/mol. The first-order valence-corrected chi connectivity index (χ1v) is 7.68. The summed E-state index contributed by atoms with van der Waals surface area (Å²) < 4.78 is 13.5. The smallest absolute Gasteiger partial charge is 0.243 e. The number of anilines is 3. The summed E-state index contributed by atoms with van der Waals surface area (Å²) in [5, 5.41) is 8.24. The van der Waals surface area contributed by atoms with Crippen LogP contribution in [-0.2, 0) is 9.59 Å². The molecular formula is C18H20FN3O2. The largest absolute Gasteiger partial charge is 0.374 e. The van der Waals surface area contributed by atoms with E-state index in [1.807, 2.05) is 13.0 Å². The molecule has 0 saturated heterocycles. The highest BCUT2D eigenvalue weighted by molar-refractivity contribution is 5.96. The first-order valence-electron chi connectivity index (χ1n) is 7.68. The molecule has 0 atom stereocenters. The summed E-state index contributed by atoms with van der Waals surface area (Å²) in [6, 6.07) is 11.4. The number of rotatable bonds is 6. The predicted molar refractivity (Wildman–Crippen MR) is 93.6 cm³/mol. The molecule has 2 amide bonds. The van der Waals surface area contributed by atoms with Crippen molar-refractivity contribution in [3.05, 3.63) is 53.8 Å². The zero-order chi connectivity index (χ0) is 17.5. The summed E-state index contributed by atoms with van der Waals surface area (Å²) in [5.74, 6) is -0.817. The van der Waals surface area contributed by atoms with Crippen LogP contribution < -0.4 is 16.0 Å². The summed E-state index contributed by atoms with van der Waals surface area (Å²) in [6.07, 6.45) is 0.378. The highest BCUT2D eigenvalue weighted by Gasteiger charge is 2.08. The minimum absolute atomic E-state index is 0.0640. The topological polar surface area (TPSA) is 70.2 Å². The molecule has 0 bridgehead atoms. The second-order valence-electron chi connectivity index (χ2n) is 5.31. The molecule has 0 radical (unpaired) electrons. The average molecular weight is 329 g/mol. The maximum Gasteiger partial charge on any atom is 0.243 e. The van der Waals surface area contributed by atoms with E-state index in [-0.39, 0.29) is 24.0 Å². The van der Waals surface area contributed by atoms with E-state index < -0.39 is 5.82 Å². The normalized spacial score (nSPS) is 10.1. The minimum Gasteiger partial charge on any atom is -0.374 e. The van der Waals surface area contributed by atoms with E-state index in [4.69, 9.17) is 0 Å². The van der Waals surface area contributed by atoms with Gasteiger partial charge in [0.05, 0.1) is 12.2 Å². The molecule has 2 aromatic carbocycles. The van der Waals surface area contributed by atoms with Gasteiger partial charge < -0.3 is 16.0 Å². The predicted octanol–water partition coefficient (Wildman–Crippen LogP) is 3.53. The molecule has 24 heavy (non-hydrogen) atoms. The van der Waals surface area contributed by atoms with Crippen LogP contribution in [0.2, 0.25) is 0 Å². The van der Waals surface area contributed by atoms with Crippen molar-refractivity contribution in [2.75, 3.05) is 22.5 Å². The van der Waals surface area contributed by atoms with E-state index in [9.17, 15) is 14.0 Å². The number of benzene rings is 2. The highest BCUT2D eigenvalue weighted by Crippen LogP contribution is 2.20. The summed E-state index contributed by atoms with van der Waals surface area (Å²) in [6.45, 7) is 3.58. The van der Waals surface area contributed by atoms with Crippen molar-refractivity contribution in [1.82, 2.24) is 0 Å². The van der Waals surface area contributed by atoms with E-state index in [0.717, 1.165) is 5.56 Å². The van der Waals surface area contributed by atoms with Crippen LogP contribution in [0.3, 0.4) is 0 Å². The maximum absolute atomic E-state index is 13.5. The Labute approximate surface area is 140 Å². The van der Waals surface area contributed by atoms with Gasteiger partial charge in [0.2, 0.25) is 11.8 Å². The number of carbonyl (C=O) groups excluding carboxylic acids is 2. The van der Waals surface area contributed by atoms with Crippen LogP contribution in [0.4, 0.5) is 21.5 Å². The Kier molecular flexibility index (Phi) is 5.89. The molecule has 0 aliphatic heterocycles. The van der Waals surface area contributed by atoms with E-state index in [1.165, 1.54) is 6.07 Å². The van der Waals surface area contributed by atoms with E-state index in [2.05, 4.69) is 16.0 Å². The first-order chi connectivity index (χ1) is 11.5. The number of amides is 2. The lowest BCUT2D eigenvalue weighted by Gasteiger charge is -2.12. The van der Waals surface area contributed by atoms with Crippen molar-refractivity contribution in [3.63, 3.8) is 0 Å². The molecule has 0 aliphatic rings. The van der Waals surface area contributed by atoms with Crippen molar-refractivity contribution in [3.8, 4) is 0 Å². The number of para-hydroxylation sites is 1. The molecule has 126 valence electrons. The molecule has 5 nitrogen and oxygen atoms in total. The minimum atomic E-state index is -0.412. The molecule has 0 aromatic heterocycles. The van der Waals surface area contributed by atoms with Crippen LogP contribution in [-0.4, -0.2) is 18.4 Å². The molecule has 0 fully saturated rings. The third kappa shape index (κ3) is 4.81. The number of nitrogens with one attached hydrogen (secondary N) is 3. The highest BCUT2D eigenvalue weighted by atomic mass is 19.1. The van der Waals surface area contributed by atoms with Gasteiger partial charge in [-0.1, -0.05) is 25.1 Å². The molecule has 0 aliphatic carbocycles. The van der Waals surface area contributed by atoms with Crippen LogP contribution in [0.1, 0.15) is 18.9 Å². The second-order valence-corrected chi connectivity index (χ2v) is 5.31. The van der Waals surface area contributed by atoms with Gasteiger partial charge in [0.15, 0.2) is 0 Å². The van der Waals surface area contributed by atoms with Gasteiger partial charge in [0, 0.05) is 17.8 Å². The van der Waals surface area contributed by atoms with Gasteiger partial charge in [-0.3, -0.25) is 9.59 Å². The third-order valence-corrected chi connectivity index (χ3v) is 3.43. The van der Waals surface area contributed by atoms with Gasteiger partial charge in [-0.2, -0.15) is 0 Å². The fourth-order valence-electron chi connectivity index (χ4n) is 2.06. The number of hydrogen-bond acceptors (Lipinski definition) is 3. The number of carbonyl (C=O) groups is 2. The van der Waals surface area contributed by atoms with Gasteiger partial charge >= 0.3 is 0 Å². The third-order valence-electron chi connectivity index (χ3n) is 3.43. The maximum atomic E-state index is 13.5. The fourth-order valence-corrected chi connectivity index (χ4v) is 2.06. The van der Waals surface area contributed by atoms with Gasteiger partial charge in [0.25, 0.3) is 0 Å².